The van der Waals surface area contributed by atoms with Crippen LogP contribution in [0.4, 0.5) is 0 Å². The maximum atomic E-state index is 9.60. The normalized spacial score (nSPS) is 21.6. The SMILES string of the molecule is CC(C)(C)OC=O.CC1(Br)NCc2ccccc21. The predicted molar refractivity (Wildman–Crippen MR) is 76.5 cm³/mol. The highest BCUT2D eigenvalue weighted by molar-refractivity contribution is 9.09. The van der Waals surface area contributed by atoms with Gasteiger partial charge in [-0.15, -0.1) is 0 Å². The standard InChI is InChI=1S/C9H10BrN.C5H10O2/c1-9(10)8-5-3-2-4-7(8)6-11-9;1-5(2,3)7-4-6/h2-5,11H,6H2,1H3;4H,1-3H3. The molecule has 4 heteroatoms. The molecule has 0 saturated heterocycles. The van der Waals surface area contributed by atoms with Gasteiger partial charge in [0.15, 0.2) is 0 Å². The first-order chi connectivity index (χ1) is 8.26. The van der Waals surface area contributed by atoms with E-state index < -0.39 is 0 Å². The van der Waals surface area contributed by atoms with E-state index in [1.165, 1.54) is 11.1 Å². The van der Waals surface area contributed by atoms with Gasteiger partial charge in [0.25, 0.3) is 6.47 Å². The van der Waals surface area contributed by atoms with Crippen LogP contribution < -0.4 is 5.32 Å². The summed E-state index contributed by atoms with van der Waals surface area (Å²) in [6.07, 6.45) is 0. The molecule has 0 radical (unpaired) electrons. The second kappa shape index (κ2) is 5.85. The van der Waals surface area contributed by atoms with Crippen LogP contribution in [0.25, 0.3) is 0 Å². The molecule has 2 rings (SSSR count). The van der Waals surface area contributed by atoms with E-state index in [-0.39, 0.29) is 10.0 Å². The molecule has 0 aliphatic carbocycles. The number of fused-ring (bicyclic) bond motifs is 1. The van der Waals surface area contributed by atoms with Crippen molar-refractivity contribution in [2.45, 2.75) is 44.3 Å². The Morgan fingerprint density at radius 1 is 1.39 bits per heavy atom. The molecular weight excluding hydrogens is 294 g/mol. The fourth-order valence-electron chi connectivity index (χ4n) is 1.63. The van der Waals surface area contributed by atoms with Gasteiger partial charge >= 0.3 is 0 Å². The van der Waals surface area contributed by atoms with Crippen LogP contribution in [0, 0.1) is 0 Å². The molecule has 0 bridgehead atoms. The highest BCUT2D eigenvalue weighted by Gasteiger charge is 2.29. The topological polar surface area (TPSA) is 38.3 Å². The summed E-state index contributed by atoms with van der Waals surface area (Å²) in [6, 6.07) is 8.47. The van der Waals surface area contributed by atoms with Gasteiger partial charge in [0.05, 0.1) is 4.45 Å². The van der Waals surface area contributed by atoms with Crippen LogP contribution in [-0.4, -0.2) is 12.1 Å². The highest BCUT2D eigenvalue weighted by atomic mass is 79.9. The molecule has 18 heavy (non-hydrogen) atoms. The number of alkyl halides is 1. The Kier molecular flexibility index (Phi) is 4.93. The number of hydrogen-bond acceptors (Lipinski definition) is 3. The Labute approximate surface area is 117 Å². The van der Waals surface area contributed by atoms with Crippen molar-refractivity contribution in [1.29, 1.82) is 0 Å². The van der Waals surface area contributed by atoms with Crippen molar-refractivity contribution in [3.8, 4) is 0 Å². The zero-order valence-electron chi connectivity index (χ0n) is 11.3. The number of hydrogen-bond donors (Lipinski definition) is 1. The molecule has 100 valence electrons. The van der Waals surface area contributed by atoms with Crippen molar-refractivity contribution in [2.75, 3.05) is 0 Å². The quantitative estimate of drug-likeness (QED) is 0.491. The van der Waals surface area contributed by atoms with Gasteiger partial charge in [0.2, 0.25) is 0 Å². The second-order valence-corrected chi connectivity index (χ2v) is 6.93. The minimum atomic E-state index is -0.318. The molecule has 1 atom stereocenters. The Balaban J connectivity index is 0.000000203. The average Bonchev–Trinajstić information content (AvgIpc) is 2.55. The zero-order chi connectivity index (χ0) is 13.8. The Morgan fingerprint density at radius 2 is 2.00 bits per heavy atom. The highest BCUT2D eigenvalue weighted by Crippen LogP contribution is 2.35. The van der Waals surface area contributed by atoms with Gasteiger partial charge in [0, 0.05) is 6.54 Å². The summed E-state index contributed by atoms with van der Waals surface area (Å²) in [7, 11) is 0. The summed E-state index contributed by atoms with van der Waals surface area (Å²) >= 11 is 3.63. The van der Waals surface area contributed by atoms with Crippen LogP contribution in [0.3, 0.4) is 0 Å². The van der Waals surface area contributed by atoms with Gasteiger partial charge in [-0.3, -0.25) is 10.1 Å². The lowest BCUT2D eigenvalue weighted by Gasteiger charge is -2.16. The molecule has 1 aromatic carbocycles. The molecule has 0 amide bonds. The third-order valence-corrected chi connectivity index (χ3v) is 3.24. The number of benzene rings is 1. The molecule has 0 fully saturated rings. The molecule has 1 unspecified atom stereocenters. The molecule has 1 aromatic rings. The van der Waals surface area contributed by atoms with Gasteiger partial charge in [0.1, 0.15) is 5.60 Å². The lowest BCUT2D eigenvalue weighted by molar-refractivity contribution is -0.138. The average molecular weight is 314 g/mol. The number of carbonyl (C=O) groups is 1. The van der Waals surface area contributed by atoms with E-state index in [1.807, 2.05) is 20.8 Å². The van der Waals surface area contributed by atoms with Gasteiger partial charge in [-0.2, -0.15) is 0 Å². The van der Waals surface area contributed by atoms with E-state index in [0.29, 0.717) is 6.47 Å². The van der Waals surface area contributed by atoms with Crippen LogP contribution in [0.5, 0.6) is 0 Å². The van der Waals surface area contributed by atoms with E-state index in [4.69, 9.17) is 0 Å². The molecule has 0 saturated carbocycles. The number of ether oxygens (including phenoxy) is 1. The van der Waals surface area contributed by atoms with Crippen LogP contribution in [0.1, 0.15) is 38.8 Å². The molecule has 1 N–H and O–H groups in total. The Hall–Kier alpha value is -0.870. The minimum Gasteiger partial charge on any atom is -0.462 e. The summed E-state index contributed by atoms with van der Waals surface area (Å²) in [5.74, 6) is 0. The number of rotatable bonds is 1. The van der Waals surface area contributed by atoms with Gasteiger partial charge in [-0.25, -0.2) is 0 Å². The first-order valence-corrected chi connectivity index (χ1v) is 6.69. The van der Waals surface area contributed by atoms with Crippen molar-refractivity contribution in [3.63, 3.8) is 0 Å². The third-order valence-electron chi connectivity index (χ3n) is 2.54. The van der Waals surface area contributed by atoms with Crippen LogP contribution in [-0.2, 0) is 20.5 Å². The van der Waals surface area contributed by atoms with Crippen LogP contribution in [0.15, 0.2) is 24.3 Å². The van der Waals surface area contributed by atoms with E-state index in [9.17, 15) is 4.79 Å². The molecule has 0 aromatic heterocycles. The summed E-state index contributed by atoms with van der Waals surface area (Å²) < 4.78 is 4.54. The lowest BCUT2D eigenvalue weighted by atomic mass is 10.1. The van der Waals surface area contributed by atoms with Crippen LogP contribution in [0.2, 0.25) is 0 Å². The molecular formula is C14H20BrNO2. The third kappa shape index (κ3) is 4.42. The summed E-state index contributed by atoms with van der Waals surface area (Å²) in [5.41, 5.74) is 2.44. The van der Waals surface area contributed by atoms with Crippen molar-refractivity contribution >= 4 is 22.4 Å². The van der Waals surface area contributed by atoms with Crippen LogP contribution >= 0.6 is 15.9 Å². The van der Waals surface area contributed by atoms with Gasteiger partial charge in [-0.05, 0) is 38.8 Å². The Morgan fingerprint density at radius 3 is 2.44 bits per heavy atom. The smallest absolute Gasteiger partial charge is 0.293 e. The number of carbonyl (C=O) groups excluding carboxylic acids is 1. The summed E-state index contributed by atoms with van der Waals surface area (Å²) in [6.45, 7) is 9.03. The van der Waals surface area contributed by atoms with Crippen molar-refractivity contribution < 1.29 is 9.53 Å². The first kappa shape index (κ1) is 15.2. The van der Waals surface area contributed by atoms with E-state index in [2.05, 4.69) is 57.2 Å². The molecule has 1 heterocycles. The predicted octanol–water partition coefficient (Wildman–Crippen LogP) is 3.32. The summed E-state index contributed by atoms with van der Waals surface area (Å²) in [4.78, 5) is 9.60. The monoisotopic (exact) mass is 313 g/mol. The van der Waals surface area contributed by atoms with E-state index in [0.717, 1.165) is 6.54 Å². The van der Waals surface area contributed by atoms with Crippen molar-refractivity contribution in [3.05, 3.63) is 35.4 Å². The number of nitrogens with one attached hydrogen (secondary N) is 1. The Bertz CT molecular complexity index is 411. The minimum absolute atomic E-state index is 0.0103. The van der Waals surface area contributed by atoms with Crippen molar-refractivity contribution in [2.24, 2.45) is 0 Å². The van der Waals surface area contributed by atoms with E-state index in [1.54, 1.807) is 0 Å². The van der Waals surface area contributed by atoms with Gasteiger partial charge in [-0.1, -0.05) is 40.2 Å². The lowest BCUT2D eigenvalue weighted by Crippen LogP contribution is -2.25. The largest absolute Gasteiger partial charge is 0.462 e. The molecule has 1 aliphatic heterocycles. The zero-order valence-corrected chi connectivity index (χ0v) is 12.9. The first-order valence-electron chi connectivity index (χ1n) is 5.90. The van der Waals surface area contributed by atoms with E-state index >= 15 is 0 Å². The second-order valence-electron chi connectivity index (χ2n) is 5.34. The summed E-state index contributed by atoms with van der Waals surface area (Å²) in [5, 5.41) is 3.38. The maximum absolute atomic E-state index is 9.60. The van der Waals surface area contributed by atoms with Gasteiger partial charge < -0.3 is 4.74 Å². The molecule has 0 spiro atoms. The number of halogens is 1. The molecule has 3 nitrogen and oxygen atoms in total. The fourth-order valence-corrected chi connectivity index (χ4v) is 2.16. The maximum Gasteiger partial charge on any atom is 0.293 e. The fraction of sp³-hybridized carbons (Fsp3) is 0.500. The molecule has 1 aliphatic rings. The van der Waals surface area contributed by atoms with Crippen molar-refractivity contribution in [1.82, 2.24) is 5.32 Å².